The van der Waals surface area contributed by atoms with Gasteiger partial charge in [0.15, 0.2) is 0 Å². The molecule has 3 saturated heterocycles. The molecule has 10 heteroatoms. The Hall–Kier alpha value is -2.13. The molecule has 0 unspecified atom stereocenters. The summed E-state index contributed by atoms with van der Waals surface area (Å²) in [5, 5.41) is 12.0. The van der Waals surface area contributed by atoms with Gasteiger partial charge in [-0.15, -0.1) is 0 Å². The highest BCUT2D eigenvalue weighted by Gasteiger charge is 2.54. The molecule has 0 bridgehead atoms. The fraction of sp³-hybridized carbons (Fsp3) is 0.667. The van der Waals surface area contributed by atoms with Gasteiger partial charge in [0.2, 0.25) is 0 Å². The third-order valence-corrected chi connectivity index (χ3v) is 6.84. The highest BCUT2D eigenvalue weighted by atomic mass is 35.5. The van der Waals surface area contributed by atoms with Crippen LogP contribution in [0, 0.1) is 12.3 Å². The lowest BCUT2D eigenvalue weighted by atomic mass is 9.73. The third-order valence-electron chi connectivity index (χ3n) is 6.37. The molecular weight excluding hydrogens is 380 g/mol. The van der Waals surface area contributed by atoms with Gasteiger partial charge in [-0.1, -0.05) is 11.6 Å². The van der Waals surface area contributed by atoms with Crippen LogP contribution in [0.5, 0.6) is 0 Å². The summed E-state index contributed by atoms with van der Waals surface area (Å²) in [7, 11) is 1.87. The molecule has 3 aliphatic heterocycles. The zero-order valence-electron chi connectivity index (χ0n) is 16.2. The standard InChI is InChI=1S/C18H25ClN8O/c1-12-14(15(19)24(2)23-12)6-25-7-18(8-25)9-27(10-18)17(28)26-4-3-13(5-26)16-20-11-21-22-16/h11,13H,3-10H2,1-2H3,(H,20,21,22)/t13-/m0/s1. The minimum atomic E-state index is 0.164. The molecule has 2 aromatic heterocycles. The first-order valence-corrected chi connectivity index (χ1v) is 10.1. The van der Waals surface area contributed by atoms with Gasteiger partial charge >= 0.3 is 6.03 Å². The molecule has 3 aliphatic rings. The van der Waals surface area contributed by atoms with Gasteiger partial charge in [0.1, 0.15) is 17.3 Å². The van der Waals surface area contributed by atoms with Gasteiger partial charge in [-0.05, 0) is 13.3 Å². The molecular formula is C18H25ClN8O. The van der Waals surface area contributed by atoms with Crippen molar-refractivity contribution >= 4 is 17.6 Å². The van der Waals surface area contributed by atoms with Gasteiger partial charge in [0.05, 0.1) is 5.69 Å². The Kier molecular flexibility index (Phi) is 4.13. The van der Waals surface area contributed by atoms with E-state index in [1.807, 2.05) is 23.8 Å². The van der Waals surface area contributed by atoms with E-state index in [0.717, 1.165) is 74.5 Å². The van der Waals surface area contributed by atoms with Crippen LogP contribution in [0.3, 0.4) is 0 Å². The highest BCUT2D eigenvalue weighted by molar-refractivity contribution is 6.30. The van der Waals surface area contributed by atoms with Crippen LogP contribution in [0.15, 0.2) is 6.33 Å². The van der Waals surface area contributed by atoms with E-state index >= 15 is 0 Å². The number of aromatic amines is 1. The number of nitrogens with zero attached hydrogens (tertiary/aromatic N) is 7. The van der Waals surface area contributed by atoms with E-state index in [4.69, 9.17) is 11.6 Å². The molecule has 5 rings (SSSR count). The Balaban J connectivity index is 1.11. The number of carbonyl (C=O) groups is 1. The molecule has 28 heavy (non-hydrogen) atoms. The van der Waals surface area contributed by atoms with Crippen molar-refractivity contribution in [1.82, 2.24) is 39.7 Å². The van der Waals surface area contributed by atoms with Crippen LogP contribution < -0.4 is 0 Å². The second-order valence-electron chi connectivity index (χ2n) is 8.56. The molecule has 0 aromatic carbocycles. The number of hydrogen-bond donors (Lipinski definition) is 1. The van der Waals surface area contributed by atoms with E-state index < -0.39 is 0 Å². The minimum absolute atomic E-state index is 0.164. The molecule has 1 N–H and O–H groups in total. The van der Waals surface area contributed by atoms with Gasteiger partial charge in [-0.2, -0.15) is 10.2 Å². The van der Waals surface area contributed by atoms with Gasteiger partial charge in [-0.25, -0.2) is 9.78 Å². The first-order valence-electron chi connectivity index (χ1n) is 9.73. The number of carbonyl (C=O) groups excluding carboxylic acids is 1. The van der Waals surface area contributed by atoms with Gasteiger partial charge in [0.25, 0.3) is 0 Å². The summed E-state index contributed by atoms with van der Waals surface area (Å²) in [5.74, 6) is 1.16. The normalized spacial score (nSPS) is 23.9. The van der Waals surface area contributed by atoms with E-state index in [2.05, 4.69) is 25.2 Å². The molecule has 2 amide bonds. The lowest BCUT2D eigenvalue weighted by Crippen LogP contribution is -2.73. The van der Waals surface area contributed by atoms with Crippen molar-refractivity contribution in [3.8, 4) is 0 Å². The van der Waals surface area contributed by atoms with Crippen LogP contribution in [0.25, 0.3) is 0 Å². The maximum absolute atomic E-state index is 12.8. The topological polar surface area (TPSA) is 86.2 Å². The van der Waals surface area contributed by atoms with E-state index in [9.17, 15) is 4.79 Å². The minimum Gasteiger partial charge on any atom is -0.324 e. The van der Waals surface area contributed by atoms with Crippen molar-refractivity contribution in [1.29, 1.82) is 0 Å². The van der Waals surface area contributed by atoms with E-state index in [1.165, 1.54) is 6.33 Å². The summed E-state index contributed by atoms with van der Waals surface area (Å²) in [6.45, 7) is 8.09. The first kappa shape index (κ1) is 17.9. The second kappa shape index (κ2) is 6.45. The van der Waals surface area contributed by atoms with Gasteiger partial charge in [-0.3, -0.25) is 14.7 Å². The molecule has 2 aromatic rings. The van der Waals surface area contributed by atoms with E-state index in [0.29, 0.717) is 0 Å². The Morgan fingerprint density at radius 1 is 1.32 bits per heavy atom. The lowest BCUT2D eigenvalue weighted by molar-refractivity contribution is -0.102. The number of likely N-dealkylation sites (tertiary alicyclic amines) is 3. The molecule has 0 radical (unpaired) electrons. The second-order valence-corrected chi connectivity index (χ2v) is 8.92. The fourth-order valence-corrected chi connectivity index (χ4v) is 5.19. The smallest absolute Gasteiger partial charge is 0.320 e. The van der Waals surface area contributed by atoms with Crippen molar-refractivity contribution in [2.45, 2.75) is 25.8 Å². The van der Waals surface area contributed by atoms with Crippen molar-refractivity contribution in [3.05, 3.63) is 28.6 Å². The van der Waals surface area contributed by atoms with Crippen molar-refractivity contribution in [3.63, 3.8) is 0 Å². The number of amides is 2. The third kappa shape index (κ3) is 2.88. The van der Waals surface area contributed by atoms with Crippen LogP contribution in [0.2, 0.25) is 5.15 Å². The van der Waals surface area contributed by atoms with Gasteiger partial charge < -0.3 is 9.80 Å². The summed E-state index contributed by atoms with van der Waals surface area (Å²) in [6.07, 6.45) is 2.47. The number of hydrogen-bond acceptors (Lipinski definition) is 5. The first-order chi connectivity index (χ1) is 13.4. The molecule has 0 aliphatic carbocycles. The summed E-state index contributed by atoms with van der Waals surface area (Å²) in [5.41, 5.74) is 2.37. The quantitative estimate of drug-likeness (QED) is 0.831. The van der Waals surface area contributed by atoms with Crippen LogP contribution in [-0.2, 0) is 13.6 Å². The summed E-state index contributed by atoms with van der Waals surface area (Å²) < 4.78 is 1.73. The summed E-state index contributed by atoms with van der Waals surface area (Å²) >= 11 is 6.35. The molecule has 0 saturated carbocycles. The number of halogens is 1. The predicted octanol–water partition coefficient (Wildman–Crippen LogP) is 1.23. The molecule has 5 heterocycles. The fourth-order valence-electron chi connectivity index (χ4n) is 4.96. The van der Waals surface area contributed by atoms with Crippen LogP contribution in [0.1, 0.15) is 29.4 Å². The van der Waals surface area contributed by atoms with E-state index in [-0.39, 0.29) is 17.4 Å². The predicted molar refractivity (Wildman–Crippen MR) is 103 cm³/mol. The molecule has 1 spiro atoms. The zero-order chi connectivity index (χ0) is 19.5. The SMILES string of the molecule is Cc1nn(C)c(Cl)c1CN1CC2(C1)CN(C(=O)N1CC[C@H](c3ncn[nH]3)C1)C2. The maximum Gasteiger partial charge on any atom is 0.320 e. The number of aryl methyl sites for hydroxylation is 2. The number of urea groups is 1. The summed E-state index contributed by atoms with van der Waals surface area (Å²) in [6, 6.07) is 0.164. The number of nitrogens with one attached hydrogen (secondary N) is 1. The Morgan fingerprint density at radius 3 is 2.75 bits per heavy atom. The summed E-state index contributed by atoms with van der Waals surface area (Å²) in [4.78, 5) is 23.4. The number of aromatic nitrogens is 5. The molecule has 3 fully saturated rings. The van der Waals surface area contributed by atoms with E-state index in [1.54, 1.807) is 4.68 Å². The maximum atomic E-state index is 12.8. The van der Waals surface area contributed by atoms with Crippen LogP contribution >= 0.6 is 11.6 Å². The largest absolute Gasteiger partial charge is 0.324 e. The average molecular weight is 405 g/mol. The molecule has 1 atom stereocenters. The Labute approximate surface area is 168 Å². The zero-order valence-corrected chi connectivity index (χ0v) is 17.0. The lowest BCUT2D eigenvalue weighted by Gasteiger charge is -2.60. The van der Waals surface area contributed by atoms with Crippen LogP contribution in [-0.4, -0.2) is 85.0 Å². The van der Waals surface area contributed by atoms with Gasteiger partial charge in [0, 0.05) is 69.8 Å². The average Bonchev–Trinajstić information content (AvgIpc) is 3.32. The van der Waals surface area contributed by atoms with Crippen molar-refractivity contribution in [2.75, 3.05) is 39.3 Å². The molecule has 9 nitrogen and oxygen atoms in total. The van der Waals surface area contributed by atoms with Crippen LogP contribution in [0.4, 0.5) is 4.79 Å². The Bertz CT molecular complexity index is 880. The molecule has 150 valence electrons. The monoisotopic (exact) mass is 404 g/mol. The highest BCUT2D eigenvalue weighted by Crippen LogP contribution is 2.41. The number of rotatable bonds is 3. The Morgan fingerprint density at radius 2 is 2.11 bits per heavy atom. The van der Waals surface area contributed by atoms with Crippen molar-refractivity contribution in [2.24, 2.45) is 12.5 Å². The number of H-pyrrole nitrogens is 1. The van der Waals surface area contributed by atoms with Crippen molar-refractivity contribution < 1.29 is 4.79 Å².